The van der Waals surface area contributed by atoms with E-state index in [4.69, 9.17) is 0 Å². The van der Waals surface area contributed by atoms with Crippen molar-refractivity contribution in [1.29, 1.82) is 0 Å². The Morgan fingerprint density at radius 2 is 1.81 bits per heavy atom. The fraction of sp³-hybridized carbons (Fsp3) is 0.412. The number of carbonyl (C=O) groups is 1. The van der Waals surface area contributed by atoms with Gasteiger partial charge < -0.3 is 9.80 Å². The molecule has 1 amide bonds. The predicted octanol–water partition coefficient (Wildman–Crippen LogP) is -0.0592. The van der Waals surface area contributed by atoms with Crippen molar-refractivity contribution < 1.29 is 9.18 Å². The smallest absolute Gasteiger partial charge is 0.335 e. The van der Waals surface area contributed by atoms with Crippen molar-refractivity contribution in [2.45, 2.75) is 13.5 Å². The Hall–Kier alpha value is -2.81. The molecule has 26 heavy (non-hydrogen) atoms. The molecular weight excluding hydrogens is 341 g/mol. The second kappa shape index (κ2) is 7.20. The van der Waals surface area contributed by atoms with Crippen LogP contribution >= 0.6 is 0 Å². The standard InChI is InChI=1S/C17H20FN5O3/c1-3-22-16(25)14(15(24)21-10-8-20(2)9-11-21)19-23(17(22)26)13-7-5-4-6-12(13)18/h4-7H,3,8-11H2,1-2H3. The van der Waals surface area contributed by atoms with Crippen LogP contribution in [0.15, 0.2) is 33.9 Å². The minimum absolute atomic E-state index is 0.0532. The summed E-state index contributed by atoms with van der Waals surface area (Å²) in [6.45, 7) is 3.94. The average molecular weight is 361 g/mol. The number of hydrogen-bond donors (Lipinski definition) is 0. The zero-order valence-electron chi connectivity index (χ0n) is 14.7. The number of carbonyl (C=O) groups excluding carboxylic acids is 1. The van der Waals surface area contributed by atoms with Crippen molar-refractivity contribution in [1.82, 2.24) is 24.1 Å². The van der Waals surface area contributed by atoms with Gasteiger partial charge in [0.15, 0.2) is 0 Å². The van der Waals surface area contributed by atoms with Crippen LogP contribution in [-0.4, -0.2) is 63.3 Å². The van der Waals surface area contributed by atoms with Crippen LogP contribution in [0, 0.1) is 5.82 Å². The largest absolute Gasteiger partial charge is 0.352 e. The molecule has 0 bridgehead atoms. The average Bonchev–Trinajstić information content (AvgIpc) is 2.63. The van der Waals surface area contributed by atoms with E-state index in [0.29, 0.717) is 26.2 Å². The van der Waals surface area contributed by atoms with E-state index in [0.717, 1.165) is 9.25 Å². The first kappa shape index (κ1) is 18.0. The second-order valence-electron chi connectivity index (χ2n) is 6.14. The van der Waals surface area contributed by atoms with Gasteiger partial charge >= 0.3 is 5.69 Å². The normalized spacial score (nSPS) is 15.3. The SMILES string of the molecule is CCn1c(=O)c(C(=O)N2CCN(C)CC2)nn(-c2ccccc2F)c1=O. The summed E-state index contributed by atoms with van der Waals surface area (Å²) in [5.41, 5.74) is -2.02. The molecule has 1 fully saturated rings. The van der Waals surface area contributed by atoms with Gasteiger partial charge in [-0.25, -0.2) is 9.18 Å². The van der Waals surface area contributed by atoms with Gasteiger partial charge in [0, 0.05) is 32.7 Å². The molecule has 2 heterocycles. The van der Waals surface area contributed by atoms with Crippen molar-refractivity contribution >= 4 is 5.91 Å². The lowest BCUT2D eigenvalue weighted by Gasteiger charge is -2.32. The van der Waals surface area contributed by atoms with E-state index in [-0.39, 0.29) is 17.9 Å². The van der Waals surface area contributed by atoms with Gasteiger partial charge in [0.25, 0.3) is 11.5 Å². The summed E-state index contributed by atoms with van der Waals surface area (Å²) in [6, 6.07) is 5.59. The minimum Gasteiger partial charge on any atom is -0.335 e. The van der Waals surface area contributed by atoms with E-state index in [1.807, 2.05) is 7.05 Å². The van der Waals surface area contributed by atoms with Gasteiger partial charge in [-0.3, -0.25) is 14.2 Å². The Morgan fingerprint density at radius 3 is 2.42 bits per heavy atom. The lowest BCUT2D eigenvalue weighted by Crippen LogP contribution is -2.51. The third-order valence-corrected chi connectivity index (χ3v) is 4.45. The monoisotopic (exact) mass is 361 g/mol. The number of para-hydroxylation sites is 1. The highest BCUT2D eigenvalue weighted by Crippen LogP contribution is 2.10. The van der Waals surface area contributed by atoms with Crippen molar-refractivity contribution in [3.63, 3.8) is 0 Å². The Kier molecular flexibility index (Phi) is 4.99. The van der Waals surface area contributed by atoms with Crippen molar-refractivity contribution in [2.24, 2.45) is 0 Å². The number of hydrogen-bond acceptors (Lipinski definition) is 5. The van der Waals surface area contributed by atoms with Crippen LogP contribution in [0.1, 0.15) is 17.4 Å². The fourth-order valence-electron chi connectivity index (χ4n) is 2.87. The second-order valence-corrected chi connectivity index (χ2v) is 6.14. The fourth-order valence-corrected chi connectivity index (χ4v) is 2.87. The number of amides is 1. The van der Waals surface area contributed by atoms with Gasteiger partial charge in [0.2, 0.25) is 5.69 Å². The van der Waals surface area contributed by atoms with Gasteiger partial charge in [-0.15, -0.1) is 0 Å². The molecule has 0 unspecified atom stereocenters. The number of halogens is 1. The molecule has 1 aromatic heterocycles. The molecule has 2 aromatic rings. The number of likely N-dealkylation sites (N-methyl/N-ethyl adjacent to an activating group) is 1. The van der Waals surface area contributed by atoms with Crippen LogP contribution < -0.4 is 11.2 Å². The van der Waals surface area contributed by atoms with E-state index in [2.05, 4.69) is 10.00 Å². The maximum absolute atomic E-state index is 14.1. The van der Waals surface area contributed by atoms with Crippen LogP contribution in [0.25, 0.3) is 5.69 Å². The number of rotatable bonds is 3. The third kappa shape index (κ3) is 3.17. The molecule has 0 atom stereocenters. The molecule has 0 saturated carbocycles. The zero-order valence-corrected chi connectivity index (χ0v) is 14.7. The highest BCUT2D eigenvalue weighted by Gasteiger charge is 2.27. The summed E-state index contributed by atoms with van der Waals surface area (Å²) in [5.74, 6) is -1.21. The summed E-state index contributed by atoms with van der Waals surface area (Å²) in [7, 11) is 1.95. The van der Waals surface area contributed by atoms with E-state index in [1.165, 1.54) is 23.1 Å². The number of nitrogens with zero attached hydrogens (tertiary/aromatic N) is 5. The highest BCUT2D eigenvalue weighted by atomic mass is 19.1. The quantitative estimate of drug-likeness (QED) is 0.765. The lowest BCUT2D eigenvalue weighted by molar-refractivity contribution is 0.0652. The molecule has 0 radical (unpaired) electrons. The van der Waals surface area contributed by atoms with Crippen molar-refractivity contribution in [2.75, 3.05) is 33.2 Å². The van der Waals surface area contributed by atoms with E-state index < -0.39 is 23.0 Å². The first-order valence-electron chi connectivity index (χ1n) is 8.41. The molecule has 0 N–H and O–H groups in total. The molecule has 3 rings (SSSR count). The number of piperazine rings is 1. The van der Waals surface area contributed by atoms with Crippen molar-refractivity contribution in [3.8, 4) is 5.69 Å². The lowest BCUT2D eigenvalue weighted by atomic mass is 10.3. The number of aromatic nitrogens is 3. The minimum atomic E-state index is -0.780. The molecule has 8 nitrogen and oxygen atoms in total. The van der Waals surface area contributed by atoms with Gasteiger partial charge in [-0.05, 0) is 26.1 Å². The molecule has 0 aliphatic carbocycles. The molecule has 9 heteroatoms. The molecule has 138 valence electrons. The molecule has 0 spiro atoms. The molecule has 1 aliphatic heterocycles. The predicted molar refractivity (Wildman–Crippen MR) is 93.1 cm³/mol. The molecule has 1 aromatic carbocycles. The highest BCUT2D eigenvalue weighted by molar-refractivity contribution is 5.91. The summed E-state index contributed by atoms with van der Waals surface area (Å²) in [6.07, 6.45) is 0. The van der Waals surface area contributed by atoms with Gasteiger partial charge in [0.05, 0.1) is 0 Å². The maximum Gasteiger partial charge on any atom is 0.352 e. The van der Waals surface area contributed by atoms with Crippen LogP contribution in [0.2, 0.25) is 0 Å². The Balaban J connectivity index is 2.13. The van der Waals surface area contributed by atoms with Crippen molar-refractivity contribution in [3.05, 3.63) is 56.6 Å². The van der Waals surface area contributed by atoms with Gasteiger partial charge in [0.1, 0.15) is 11.5 Å². The number of benzene rings is 1. The maximum atomic E-state index is 14.1. The van der Waals surface area contributed by atoms with E-state index in [9.17, 15) is 18.8 Å². The molecule has 1 saturated heterocycles. The van der Waals surface area contributed by atoms with Crippen LogP contribution in [-0.2, 0) is 6.54 Å². The molecular formula is C17H20FN5O3. The van der Waals surface area contributed by atoms with E-state index in [1.54, 1.807) is 13.0 Å². The van der Waals surface area contributed by atoms with E-state index >= 15 is 0 Å². The summed E-state index contributed by atoms with van der Waals surface area (Å²) >= 11 is 0. The summed E-state index contributed by atoms with van der Waals surface area (Å²) in [5, 5.41) is 3.93. The zero-order chi connectivity index (χ0) is 18.8. The van der Waals surface area contributed by atoms with Crippen LogP contribution in [0.4, 0.5) is 4.39 Å². The van der Waals surface area contributed by atoms with Gasteiger partial charge in [-0.2, -0.15) is 9.78 Å². The molecule has 1 aliphatic rings. The first-order valence-corrected chi connectivity index (χ1v) is 8.41. The van der Waals surface area contributed by atoms with Crippen LogP contribution in [0.5, 0.6) is 0 Å². The Morgan fingerprint density at radius 1 is 1.15 bits per heavy atom. The van der Waals surface area contributed by atoms with Crippen LogP contribution in [0.3, 0.4) is 0 Å². The third-order valence-electron chi connectivity index (χ3n) is 4.45. The topological polar surface area (TPSA) is 80.4 Å². The summed E-state index contributed by atoms with van der Waals surface area (Å²) in [4.78, 5) is 41.5. The first-order chi connectivity index (χ1) is 12.4. The summed E-state index contributed by atoms with van der Waals surface area (Å²) < 4.78 is 15.8. The van der Waals surface area contributed by atoms with Gasteiger partial charge in [-0.1, -0.05) is 12.1 Å². The Labute approximate surface area is 149 Å². The Bertz CT molecular complexity index is 944.